The summed E-state index contributed by atoms with van der Waals surface area (Å²) in [4.78, 5) is 0. The second-order valence-electron chi connectivity index (χ2n) is 3.62. The van der Waals surface area contributed by atoms with E-state index in [1.54, 1.807) is 27.7 Å². The maximum absolute atomic E-state index is 11.4. The topological polar surface area (TPSA) is 46.2 Å². The zero-order valence-corrected chi connectivity index (χ0v) is 8.70. The first kappa shape index (κ1) is 11.5. The summed E-state index contributed by atoms with van der Waals surface area (Å²) in [7, 11) is -3.30. The van der Waals surface area contributed by atoms with Crippen LogP contribution >= 0.6 is 0 Å². The zero-order valence-electron chi connectivity index (χ0n) is 7.88. The third-order valence-corrected chi connectivity index (χ3v) is 3.66. The number of rotatable bonds is 2. The SMILES string of the molecule is C#CC(C)NS(=O)(=O)C(C)(C)C. The standard InChI is InChI=1S/C8H15NO2S/c1-6-7(2)9-12(10,11)8(3,4)5/h1,7,9H,2-5H3. The summed E-state index contributed by atoms with van der Waals surface area (Å²) in [6, 6.07) is -0.450. The van der Waals surface area contributed by atoms with E-state index in [2.05, 4.69) is 10.6 Å². The number of nitrogens with one attached hydrogen (secondary N) is 1. The van der Waals surface area contributed by atoms with Gasteiger partial charge in [-0.15, -0.1) is 6.42 Å². The fourth-order valence-electron chi connectivity index (χ4n) is 0.444. The van der Waals surface area contributed by atoms with Crippen molar-refractivity contribution in [2.75, 3.05) is 0 Å². The highest BCUT2D eigenvalue weighted by Gasteiger charge is 2.29. The molecule has 0 aromatic rings. The molecule has 0 aromatic heterocycles. The van der Waals surface area contributed by atoms with E-state index < -0.39 is 20.8 Å². The first-order valence-electron chi connectivity index (χ1n) is 3.68. The molecule has 0 aliphatic rings. The molecular formula is C8H15NO2S. The van der Waals surface area contributed by atoms with E-state index in [4.69, 9.17) is 6.42 Å². The maximum atomic E-state index is 11.4. The van der Waals surface area contributed by atoms with E-state index >= 15 is 0 Å². The van der Waals surface area contributed by atoms with Crippen LogP contribution in [0.1, 0.15) is 27.7 Å². The molecule has 0 aliphatic heterocycles. The Kier molecular flexibility index (Phi) is 3.31. The van der Waals surface area contributed by atoms with Gasteiger partial charge in [-0.25, -0.2) is 13.1 Å². The molecule has 1 atom stereocenters. The van der Waals surface area contributed by atoms with E-state index in [0.717, 1.165) is 0 Å². The molecule has 1 unspecified atom stereocenters. The summed E-state index contributed by atoms with van der Waals surface area (Å²) in [5, 5.41) is 0. The van der Waals surface area contributed by atoms with Crippen molar-refractivity contribution >= 4 is 10.0 Å². The third-order valence-electron chi connectivity index (χ3n) is 1.39. The van der Waals surface area contributed by atoms with Gasteiger partial charge >= 0.3 is 0 Å². The summed E-state index contributed by atoms with van der Waals surface area (Å²) in [5.41, 5.74) is 0. The molecule has 0 rings (SSSR count). The number of hydrogen-bond acceptors (Lipinski definition) is 2. The van der Waals surface area contributed by atoms with E-state index in [-0.39, 0.29) is 0 Å². The van der Waals surface area contributed by atoms with Gasteiger partial charge in [-0.1, -0.05) is 5.92 Å². The Bertz CT molecular complexity index is 279. The number of sulfonamides is 1. The number of terminal acetylenes is 1. The van der Waals surface area contributed by atoms with Crippen LogP contribution in [0.5, 0.6) is 0 Å². The van der Waals surface area contributed by atoms with Crippen LogP contribution < -0.4 is 4.72 Å². The summed E-state index contributed by atoms with van der Waals surface area (Å²) < 4.78 is 24.4. The average molecular weight is 189 g/mol. The Morgan fingerprint density at radius 1 is 1.42 bits per heavy atom. The molecule has 0 aliphatic carbocycles. The lowest BCUT2D eigenvalue weighted by molar-refractivity contribution is 0.541. The highest BCUT2D eigenvalue weighted by Crippen LogP contribution is 2.13. The van der Waals surface area contributed by atoms with Gasteiger partial charge in [-0.05, 0) is 27.7 Å². The molecule has 0 spiro atoms. The van der Waals surface area contributed by atoms with Gasteiger partial charge in [0.05, 0.1) is 10.8 Å². The molecule has 0 radical (unpaired) electrons. The van der Waals surface area contributed by atoms with Crippen molar-refractivity contribution in [3.05, 3.63) is 0 Å². The molecule has 70 valence electrons. The van der Waals surface area contributed by atoms with Crippen molar-refractivity contribution in [2.24, 2.45) is 0 Å². The molecule has 0 bridgehead atoms. The minimum Gasteiger partial charge on any atom is -0.212 e. The van der Waals surface area contributed by atoms with Gasteiger partial charge < -0.3 is 0 Å². The minimum absolute atomic E-state index is 0.450. The molecule has 4 heteroatoms. The van der Waals surface area contributed by atoms with Gasteiger partial charge in [-0.2, -0.15) is 0 Å². The largest absolute Gasteiger partial charge is 0.217 e. The lowest BCUT2D eigenvalue weighted by atomic mass is 10.3. The Morgan fingerprint density at radius 3 is 2.08 bits per heavy atom. The highest BCUT2D eigenvalue weighted by molar-refractivity contribution is 7.90. The second kappa shape index (κ2) is 3.46. The van der Waals surface area contributed by atoms with Gasteiger partial charge in [-0.3, -0.25) is 0 Å². The van der Waals surface area contributed by atoms with Gasteiger partial charge in [0, 0.05) is 0 Å². The zero-order chi connectivity index (χ0) is 9.99. The quantitative estimate of drug-likeness (QED) is 0.651. The molecule has 3 nitrogen and oxygen atoms in total. The van der Waals surface area contributed by atoms with Crippen molar-refractivity contribution < 1.29 is 8.42 Å². The molecule has 0 heterocycles. The van der Waals surface area contributed by atoms with Crippen molar-refractivity contribution in [1.82, 2.24) is 4.72 Å². The van der Waals surface area contributed by atoms with Crippen molar-refractivity contribution in [3.8, 4) is 12.3 Å². The van der Waals surface area contributed by atoms with Crippen LogP contribution in [0.15, 0.2) is 0 Å². The van der Waals surface area contributed by atoms with Crippen molar-refractivity contribution in [2.45, 2.75) is 38.5 Å². The predicted molar refractivity (Wildman–Crippen MR) is 50.1 cm³/mol. The predicted octanol–water partition coefficient (Wildman–Crippen LogP) is 0.726. The molecule has 0 amide bonds. The molecule has 0 fully saturated rings. The molecular weight excluding hydrogens is 174 g/mol. The molecule has 0 aromatic carbocycles. The minimum atomic E-state index is -3.30. The fourth-order valence-corrected chi connectivity index (χ4v) is 1.33. The smallest absolute Gasteiger partial charge is 0.212 e. The maximum Gasteiger partial charge on any atom is 0.217 e. The summed E-state index contributed by atoms with van der Waals surface area (Å²) in [5.74, 6) is 2.30. The van der Waals surface area contributed by atoms with Crippen molar-refractivity contribution in [1.29, 1.82) is 0 Å². The van der Waals surface area contributed by atoms with Crippen LogP contribution in [0.3, 0.4) is 0 Å². The fraction of sp³-hybridized carbons (Fsp3) is 0.750. The second-order valence-corrected chi connectivity index (χ2v) is 6.09. The van der Waals surface area contributed by atoms with Crippen LogP contribution in [-0.2, 0) is 10.0 Å². The van der Waals surface area contributed by atoms with E-state index in [1.165, 1.54) is 0 Å². The van der Waals surface area contributed by atoms with Crippen LogP contribution in [-0.4, -0.2) is 19.2 Å². The average Bonchev–Trinajstić information content (AvgIpc) is 1.84. The molecule has 0 saturated heterocycles. The lowest BCUT2D eigenvalue weighted by Crippen LogP contribution is -2.43. The summed E-state index contributed by atoms with van der Waals surface area (Å²) in [6.45, 7) is 6.50. The Balaban J connectivity index is 4.60. The first-order chi connectivity index (χ1) is 5.20. The van der Waals surface area contributed by atoms with E-state index in [1.807, 2.05) is 0 Å². The highest BCUT2D eigenvalue weighted by atomic mass is 32.2. The van der Waals surface area contributed by atoms with Gasteiger partial charge in [0.1, 0.15) is 0 Å². The van der Waals surface area contributed by atoms with Gasteiger partial charge in [0.25, 0.3) is 0 Å². The van der Waals surface area contributed by atoms with Crippen LogP contribution in [0.4, 0.5) is 0 Å². The number of hydrogen-bond donors (Lipinski definition) is 1. The van der Waals surface area contributed by atoms with Crippen LogP contribution in [0.2, 0.25) is 0 Å². The van der Waals surface area contributed by atoms with Crippen LogP contribution in [0.25, 0.3) is 0 Å². The van der Waals surface area contributed by atoms with Crippen LogP contribution in [0, 0.1) is 12.3 Å². The summed E-state index contributed by atoms with van der Waals surface area (Å²) >= 11 is 0. The molecule has 0 saturated carbocycles. The first-order valence-corrected chi connectivity index (χ1v) is 5.17. The summed E-state index contributed by atoms with van der Waals surface area (Å²) in [6.07, 6.45) is 5.05. The third kappa shape index (κ3) is 2.84. The van der Waals surface area contributed by atoms with Gasteiger partial charge in [0.15, 0.2) is 0 Å². The van der Waals surface area contributed by atoms with Gasteiger partial charge in [0.2, 0.25) is 10.0 Å². The Morgan fingerprint density at radius 2 is 1.83 bits per heavy atom. The van der Waals surface area contributed by atoms with Crippen molar-refractivity contribution in [3.63, 3.8) is 0 Å². The Labute approximate surface area is 74.6 Å². The Hall–Kier alpha value is -0.530. The molecule has 12 heavy (non-hydrogen) atoms. The lowest BCUT2D eigenvalue weighted by Gasteiger charge is -2.20. The molecule has 1 N–H and O–H groups in total. The van der Waals surface area contributed by atoms with E-state index in [0.29, 0.717) is 0 Å². The normalized spacial score (nSPS) is 15.2. The van der Waals surface area contributed by atoms with E-state index in [9.17, 15) is 8.42 Å². The monoisotopic (exact) mass is 189 g/mol.